The maximum atomic E-state index is 5.95. The van der Waals surface area contributed by atoms with Crippen LogP contribution in [0.1, 0.15) is 43.8 Å². The Hall–Kier alpha value is -2.06. The smallest absolute Gasteiger partial charge is 0.225 e. The fourth-order valence-corrected chi connectivity index (χ4v) is 3.97. The molecule has 2 aliphatic rings. The molecular weight excluding hydrogens is 328 g/mol. The van der Waals surface area contributed by atoms with E-state index in [1.54, 1.807) is 0 Å². The number of rotatable bonds is 5. The van der Waals surface area contributed by atoms with E-state index in [2.05, 4.69) is 41.5 Å². The zero-order chi connectivity index (χ0) is 17.9. The minimum atomic E-state index is 0.335. The molecule has 1 saturated carbocycles. The third-order valence-corrected chi connectivity index (χ3v) is 5.50. The summed E-state index contributed by atoms with van der Waals surface area (Å²) in [4.78, 5) is 13.5. The first-order valence-electron chi connectivity index (χ1n) is 9.66. The average molecular weight is 356 g/mol. The lowest BCUT2D eigenvalue weighted by atomic mass is 9.80. The highest BCUT2D eigenvalue weighted by molar-refractivity contribution is 5.28. The molecule has 0 radical (unpaired) electrons. The topological polar surface area (TPSA) is 89.0 Å². The quantitative estimate of drug-likeness (QED) is 0.855. The molecule has 0 atom stereocenters. The maximum absolute atomic E-state index is 5.95. The minimum absolute atomic E-state index is 0.335. The van der Waals surface area contributed by atoms with Crippen LogP contribution in [0, 0.1) is 0 Å². The second-order valence-electron chi connectivity index (χ2n) is 7.31. The molecular formula is C18H28N8. The van der Waals surface area contributed by atoms with Crippen molar-refractivity contribution < 1.29 is 0 Å². The van der Waals surface area contributed by atoms with Gasteiger partial charge < -0.3 is 15.2 Å². The van der Waals surface area contributed by atoms with Crippen LogP contribution in [-0.4, -0.2) is 61.9 Å². The average Bonchev–Trinajstić information content (AvgIpc) is 2.88. The van der Waals surface area contributed by atoms with E-state index in [1.165, 1.54) is 0 Å². The van der Waals surface area contributed by atoms with Crippen molar-refractivity contribution >= 4 is 5.95 Å². The Morgan fingerprint density at radius 1 is 1.08 bits per heavy atom. The van der Waals surface area contributed by atoms with Crippen LogP contribution < -0.4 is 10.6 Å². The van der Waals surface area contributed by atoms with Crippen LogP contribution in [-0.2, 0) is 13.1 Å². The third kappa shape index (κ3) is 3.57. The van der Waals surface area contributed by atoms with E-state index in [9.17, 15) is 0 Å². The van der Waals surface area contributed by atoms with Gasteiger partial charge in [-0.1, -0.05) is 0 Å². The van der Waals surface area contributed by atoms with Crippen molar-refractivity contribution in [2.75, 3.05) is 31.1 Å². The van der Waals surface area contributed by atoms with Crippen molar-refractivity contribution in [3.05, 3.63) is 30.1 Å². The van der Waals surface area contributed by atoms with Crippen LogP contribution in [0.15, 0.2) is 18.5 Å². The summed E-state index contributed by atoms with van der Waals surface area (Å²) >= 11 is 0. The molecule has 1 aliphatic heterocycles. The van der Waals surface area contributed by atoms with Gasteiger partial charge >= 0.3 is 0 Å². The summed E-state index contributed by atoms with van der Waals surface area (Å²) in [5.74, 6) is 3.52. The molecule has 1 saturated heterocycles. The number of aromatic nitrogens is 5. The first-order chi connectivity index (χ1) is 12.7. The molecule has 2 aromatic rings. The van der Waals surface area contributed by atoms with Gasteiger partial charge in [-0.05, 0) is 32.3 Å². The molecule has 0 aromatic carbocycles. The highest BCUT2D eigenvalue weighted by Gasteiger charge is 2.32. The van der Waals surface area contributed by atoms with E-state index in [0.29, 0.717) is 12.0 Å². The van der Waals surface area contributed by atoms with Gasteiger partial charge in [0.1, 0.15) is 11.6 Å². The van der Waals surface area contributed by atoms with Gasteiger partial charge in [0.05, 0.1) is 6.54 Å². The molecule has 3 heterocycles. The summed E-state index contributed by atoms with van der Waals surface area (Å²) in [6.45, 7) is 7.92. The van der Waals surface area contributed by atoms with Gasteiger partial charge in [-0.25, -0.2) is 9.97 Å². The number of anilines is 1. The lowest BCUT2D eigenvalue weighted by Gasteiger charge is -2.31. The standard InChI is InChI=1S/C18H28N8/c1-2-26-16(22-23-17(26)14-11-15(19)12-14)13-24-7-4-8-25(10-9-24)18-20-5-3-6-21-18/h3,5-6,14-15H,2,4,7-13,19H2,1H3. The fraction of sp³-hybridized carbons (Fsp3) is 0.667. The molecule has 0 amide bonds. The predicted molar refractivity (Wildman–Crippen MR) is 99.8 cm³/mol. The largest absolute Gasteiger partial charge is 0.339 e. The number of nitrogens with zero attached hydrogens (tertiary/aromatic N) is 7. The van der Waals surface area contributed by atoms with Gasteiger partial charge in [0.2, 0.25) is 5.95 Å². The minimum Gasteiger partial charge on any atom is -0.339 e. The Kier molecular flexibility index (Phi) is 5.12. The van der Waals surface area contributed by atoms with E-state index < -0.39 is 0 Å². The third-order valence-electron chi connectivity index (χ3n) is 5.50. The highest BCUT2D eigenvalue weighted by Crippen LogP contribution is 2.34. The molecule has 0 bridgehead atoms. The highest BCUT2D eigenvalue weighted by atomic mass is 15.3. The van der Waals surface area contributed by atoms with Crippen LogP contribution >= 0.6 is 0 Å². The van der Waals surface area contributed by atoms with Crippen molar-refractivity contribution in [2.24, 2.45) is 5.73 Å². The zero-order valence-electron chi connectivity index (χ0n) is 15.5. The van der Waals surface area contributed by atoms with Crippen molar-refractivity contribution in [3.8, 4) is 0 Å². The Balaban J connectivity index is 1.40. The summed E-state index contributed by atoms with van der Waals surface area (Å²) < 4.78 is 2.29. The summed E-state index contributed by atoms with van der Waals surface area (Å²) in [5.41, 5.74) is 5.95. The van der Waals surface area contributed by atoms with Crippen LogP contribution in [0.25, 0.3) is 0 Å². The maximum Gasteiger partial charge on any atom is 0.225 e. The number of nitrogens with two attached hydrogens (primary N) is 1. The van der Waals surface area contributed by atoms with E-state index in [-0.39, 0.29) is 0 Å². The van der Waals surface area contributed by atoms with Crippen LogP contribution in [0.4, 0.5) is 5.95 Å². The summed E-state index contributed by atoms with van der Waals surface area (Å²) in [5, 5.41) is 9.00. The van der Waals surface area contributed by atoms with Crippen molar-refractivity contribution in [3.63, 3.8) is 0 Å². The first kappa shape index (κ1) is 17.4. The Bertz CT molecular complexity index is 709. The van der Waals surface area contributed by atoms with E-state index in [0.717, 1.165) is 76.1 Å². The van der Waals surface area contributed by atoms with Crippen molar-refractivity contribution in [1.82, 2.24) is 29.6 Å². The molecule has 8 nitrogen and oxygen atoms in total. The number of hydrogen-bond acceptors (Lipinski definition) is 7. The Labute approximate surface area is 154 Å². The van der Waals surface area contributed by atoms with Gasteiger partial charge in [-0.2, -0.15) is 0 Å². The van der Waals surface area contributed by atoms with Crippen LogP contribution in [0.5, 0.6) is 0 Å². The van der Waals surface area contributed by atoms with Gasteiger partial charge in [0.25, 0.3) is 0 Å². The molecule has 4 rings (SSSR count). The lowest BCUT2D eigenvalue weighted by molar-refractivity contribution is 0.271. The summed E-state index contributed by atoms with van der Waals surface area (Å²) in [6.07, 6.45) is 6.79. The van der Waals surface area contributed by atoms with E-state index in [4.69, 9.17) is 5.73 Å². The molecule has 2 N–H and O–H groups in total. The second-order valence-corrected chi connectivity index (χ2v) is 7.31. The van der Waals surface area contributed by atoms with Gasteiger partial charge in [-0.3, -0.25) is 4.90 Å². The van der Waals surface area contributed by atoms with Gasteiger partial charge in [0, 0.05) is 57.1 Å². The van der Waals surface area contributed by atoms with Crippen LogP contribution in [0.3, 0.4) is 0 Å². The van der Waals surface area contributed by atoms with E-state index in [1.807, 2.05) is 18.5 Å². The lowest BCUT2D eigenvalue weighted by Crippen LogP contribution is -2.36. The van der Waals surface area contributed by atoms with Crippen molar-refractivity contribution in [1.29, 1.82) is 0 Å². The predicted octanol–water partition coefficient (Wildman–Crippen LogP) is 1.01. The summed E-state index contributed by atoms with van der Waals surface area (Å²) in [7, 11) is 0. The molecule has 140 valence electrons. The molecule has 0 unspecified atom stereocenters. The molecule has 2 fully saturated rings. The normalized spacial score (nSPS) is 24.3. The number of hydrogen-bond donors (Lipinski definition) is 1. The SMILES string of the molecule is CCn1c(CN2CCCN(c3ncccn3)CC2)nnc1C1CC(N)C1. The molecule has 8 heteroatoms. The Morgan fingerprint density at radius 2 is 1.88 bits per heavy atom. The van der Waals surface area contributed by atoms with E-state index >= 15 is 0 Å². The molecule has 2 aromatic heterocycles. The first-order valence-corrected chi connectivity index (χ1v) is 9.66. The fourth-order valence-electron chi connectivity index (χ4n) is 3.97. The zero-order valence-corrected chi connectivity index (χ0v) is 15.5. The van der Waals surface area contributed by atoms with Gasteiger partial charge in [-0.15, -0.1) is 10.2 Å². The monoisotopic (exact) mass is 356 g/mol. The van der Waals surface area contributed by atoms with Crippen LogP contribution in [0.2, 0.25) is 0 Å². The molecule has 1 aliphatic carbocycles. The second kappa shape index (κ2) is 7.67. The van der Waals surface area contributed by atoms with Crippen molar-refractivity contribution in [2.45, 2.75) is 51.2 Å². The Morgan fingerprint density at radius 3 is 2.62 bits per heavy atom. The molecule has 0 spiro atoms. The summed E-state index contributed by atoms with van der Waals surface area (Å²) in [6, 6.07) is 2.19. The molecule has 26 heavy (non-hydrogen) atoms. The van der Waals surface area contributed by atoms with Gasteiger partial charge in [0.15, 0.2) is 0 Å².